The molecule has 0 aliphatic carbocycles. The second-order valence-electron chi connectivity index (χ2n) is 5.27. The molecule has 4 nitrogen and oxygen atoms in total. The van der Waals surface area contributed by atoms with Crippen molar-refractivity contribution in [3.8, 4) is 0 Å². The van der Waals surface area contributed by atoms with Crippen molar-refractivity contribution in [2.45, 2.75) is 18.9 Å². The van der Waals surface area contributed by atoms with Crippen LogP contribution in [0.25, 0.3) is 0 Å². The molecule has 0 spiro atoms. The highest BCUT2D eigenvalue weighted by molar-refractivity contribution is 4.80. The Labute approximate surface area is 98.7 Å². The number of rotatable bonds is 5. The molecule has 0 aromatic rings. The molecular weight excluding hydrogens is 202 g/mol. The molecule has 2 fully saturated rings. The van der Waals surface area contributed by atoms with Crippen LogP contribution in [0.2, 0.25) is 0 Å². The lowest BCUT2D eigenvalue weighted by Gasteiger charge is -2.24. The molecule has 2 aliphatic rings. The fourth-order valence-electron chi connectivity index (χ4n) is 2.61. The zero-order chi connectivity index (χ0) is 11.4. The average molecular weight is 227 g/mol. The Morgan fingerprint density at radius 3 is 2.69 bits per heavy atom. The van der Waals surface area contributed by atoms with Gasteiger partial charge in [-0.3, -0.25) is 0 Å². The van der Waals surface area contributed by atoms with Gasteiger partial charge >= 0.3 is 0 Å². The zero-order valence-corrected chi connectivity index (χ0v) is 10.4. The average Bonchev–Trinajstić information content (AvgIpc) is 2.88. The number of hydrogen-bond acceptors (Lipinski definition) is 4. The van der Waals surface area contributed by atoms with Gasteiger partial charge in [0.15, 0.2) is 0 Å². The first kappa shape index (κ1) is 12.3. The van der Waals surface area contributed by atoms with Crippen molar-refractivity contribution in [1.82, 2.24) is 9.80 Å². The SMILES string of the molecule is CN(CCN1CCCC1)CC1COCC1N. The Bertz CT molecular complexity index is 206. The summed E-state index contributed by atoms with van der Waals surface area (Å²) >= 11 is 0. The number of nitrogens with two attached hydrogens (primary N) is 1. The summed E-state index contributed by atoms with van der Waals surface area (Å²) in [6.07, 6.45) is 2.76. The van der Waals surface area contributed by atoms with Gasteiger partial charge in [-0.25, -0.2) is 0 Å². The van der Waals surface area contributed by atoms with Crippen LogP contribution >= 0.6 is 0 Å². The standard InChI is InChI=1S/C12H25N3O/c1-14(6-7-15-4-2-3-5-15)8-11-9-16-10-12(11)13/h11-12H,2-10,13H2,1H3. The fourth-order valence-corrected chi connectivity index (χ4v) is 2.61. The first-order valence-corrected chi connectivity index (χ1v) is 6.50. The minimum atomic E-state index is 0.245. The number of likely N-dealkylation sites (tertiary alicyclic amines) is 1. The molecule has 2 unspecified atom stereocenters. The van der Waals surface area contributed by atoms with Gasteiger partial charge in [-0.2, -0.15) is 0 Å². The van der Waals surface area contributed by atoms with Crippen LogP contribution in [-0.2, 0) is 4.74 Å². The molecule has 2 saturated heterocycles. The molecule has 0 aromatic carbocycles. The van der Waals surface area contributed by atoms with Crippen molar-refractivity contribution in [2.24, 2.45) is 11.7 Å². The molecular formula is C12H25N3O. The lowest BCUT2D eigenvalue weighted by Crippen LogP contribution is -2.39. The van der Waals surface area contributed by atoms with E-state index in [1.54, 1.807) is 0 Å². The van der Waals surface area contributed by atoms with E-state index >= 15 is 0 Å². The van der Waals surface area contributed by atoms with Crippen molar-refractivity contribution >= 4 is 0 Å². The van der Waals surface area contributed by atoms with Crippen LogP contribution in [0.4, 0.5) is 0 Å². The van der Waals surface area contributed by atoms with Gasteiger partial charge in [-0.15, -0.1) is 0 Å². The first-order valence-electron chi connectivity index (χ1n) is 6.50. The third-order valence-corrected chi connectivity index (χ3v) is 3.79. The lowest BCUT2D eigenvalue weighted by atomic mass is 10.0. The Kier molecular flexibility index (Phi) is 4.58. The maximum absolute atomic E-state index is 5.98. The molecule has 4 heteroatoms. The van der Waals surface area contributed by atoms with E-state index in [-0.39, 0.29) is 6.04 Å². The van der Waals surface area contributed by atoms with E-state index in [2.05, 4.69) is 16.8 Å². The molecule has 2 aliphatic heterocycles. The van der Waals surface area contributed by atoms with E-state index in [0.29, 0.717) is 5.92 Å². The van der Waals surface area contributed by atoms with E-state index in [0.717, 1.165) is 26.3 Å². The Hall–Kier alpha value is -0.160. The zero-order valence-electron chi connectivity index (χ0n) is 10.4. The molecule has 2 N–H and O–H groups in total. The number of hydrogen-bond donors (Lipinski definition) is 1. The second-order valence-corrected chi connectivity index (χ2v) is 5.27. The summed E-state index contributed by atoms with van der Waals surface area (Å²) in [6, 6.07) is 0.245. The number of ether oxygens (including phenoxy) is 1. The topological polar surface area (TPSA) is 41.7 Å². The summed E-state index contributed by atoms with van der Waals surface area (Å²) in [5.74, 6) is 0.531. The molecule has 2 heterocycles. The normalized spacial score (nSPS) is 31.7. The van der Waals surface area contributed by atoms with Crippen LogP contribution in [0.15, 0.2) is 0 Å². The van der Waals surface area contributed by atoms with E-state index < -0.39 is 0 Å². The predicted octanol–water partition coefficient (Wildman–Crippen LogP) is -0.0123. The van der Waals surface area contributed by atoms with Crippen molar-refractivity contribution in [1.29, 1.82) is 0 Å². The Morgan fingerprint density at radius 1 is 1.31 bits per heavy atom. The summed E-state index contributed by atoms with van der Waals surface area (Å²) in [6.45, 7) is 7.61. The molecule has 0 radical (unpaired) electrons. The van der Waals surface area contributed by atoms with Gasteiger partial charge in [0.2, 0.25) is 0 Å². The van der Waals surface area contributed by atoms with Gasteiger partial charge in [-0.05, 0) is 33.0 Å². The summed E-state index contributed by atoms with van der Waals surface area (Å²) in [7, 11) is 2.20. The highest BCUT2D eigenvalue weighted by Crippen LogP contribution is 2.13. The third kappa shape index (κ3) is 3.42. The predicted molar refractivity (Wildman–Crippen MR) is 65.5 cm³/mol. The van der Waals surface area contributed by atoms with Crippen molar-refractivity contribution in [3.05, 3.63) is 0 Å². The molecule has 2 rings (SSSR count). The summed E-state index contributed by atoms with van der Waals surface area (Å²) < 4.78 is 5.39. The molecule has 0 amide bonds. The highest BCUT2D eigenvalue weighted by Gasteiger charge is 2.25. The quantitative estimate of drug-likeness (QED) is 0.717. The fraction of sp³-hybridized carbons (Fsp3) is 1.00. The van der Waals surface area contributed by atoms with Crippen molar-refractivity contribution < 1.29 is 4.74 Å². The number of nitrogens with zero attached hydrogens (tertiary/aromatic N) is 2. The van der Waals surface area contributed by atoms with Crippen molar-refractivity contribution in [2.75, 3.05) is 53.0 Å². The van der Waals surface area contributed by atoms with E-state index in [9.17, 15) is 0 Å². The first-order chi connectivity index (χ1) is 7.75. The van der Waals surface area contributed by atoms with E-state index in [4.69, 9.17) is 10.5 Å². The molecule has 0 bridgehead atoms. The minimum absolute atomic E-state index is 0.245. The van der Waals surface area contributed by atoms with Crippen molar-refractivity contribution in [3.63, 3.8) is 0 Å². The largest absolute Gasteiger partial charge is 0.379 e. The molecule has 94 valence electrons. The van der Waals surface area contributed by atoms with Crippen LogP contribution in [0.1, 0.15) is 12.8 Å². The number of likely N-dealkylation sites (N-methyl/N-ethyl adjacent to an activating group) is 1. The third-order valence-electron chi connectivity index (χ3n) is 3.79. The van der Waals surface area contributed by atoms with Gasteiger partial charge in [-0.1, -0.05) is 0 Å². The Balaban J connectivity index is 1.61. The van der Waals surface area contributed by atoms with Crippen LogP contribution in [0.5, 0.6) is 0 Å². The van der Waals surface area contributed by atoms with E-state index in [1.807, 2.05) is 0 Å². The van der Waals surface area contributed by atoms with E-state index in [1.165, 1.54) is 32.5 Å². The summed E-state index contributed by atoms with van der Waals surface area (Å²) in [4.78, 5) is 4.96. The highest BCUT2D eigenvalue weighted by atomic mass is 16.5. The summed E-state index contributed by atoms with van der Waals surface area (Å²) in [5, 5.41) is 0. The monoisotopic (exact) mass is 227 g/mol. The van der Waals surface area contributed by atoms with Gasteiger partial charge in [0.05, 0.1) is 13.2 Å². The second kappa shape index (κ2) is 5.96. The maximum Gasteiger partial charge on any atom is 0.0621 e. The molecule has 16 heavy (non-hydrogen) atoms. The molecule has 0 saturated carbocycles. The van der Waals surface area contributed by atoms with Gasteiger partial charge in [0.25, 0.3) is 0 Å². The van der Waals surface area contributed by atoms with Crippen LogP contribution in [-0.4, -0.2) is 68.8 Å². The smallest absolute Gasteiger partial charge is 0.0621 e. The van der Waals surface area contributed by atoms with Crippen LogP contribution in [0.3, 0.4) is 0 Å². The summed E-state index contributed by atoms with van der Waals surface area (Å²) in [5.41, 5.74) is 5.98. The molecule has 0 aromatic heterocycles. The minimum Gasteiger partial charge on any atom is -0.379 e. The Morgan fingerprint density at radius 2 is 2.06 bits per heavy atom. The molecule has 2 atom stereocenters. The van der Waals surface area contributed by atoms with Crippen LogP contribution < -0.4 is 5.73 Å². The van der Waals surface area contributed by atoms with Gasteiger partial charge < -0.3 is 20.3 Å². The van der Waals surface area contributed by atoms with Crippen LogP contribution in [0, 0.1) is 5.92 Å². The lowest BCUT2D eigenvalue weighted by molar-refractivity contribution is 0.170. The van der Waals surface area contributed by atoms with Gasteiger partial charge in [0.1, 0.15) is 0 Å². The maximum atomic E-state index is 5.98. The van der Waals surface area contributed by atoms with Gasteiger partial charge in [0, 0.05) is 31.6 Å².